The van der Waals surface area contributed by atoms with Crippen molar-refractivity contribution in [2.75, 3.05) is 18.5 Å². The average molecular weight is 354 g/mol. The molecule has 0 aliphatic carbocycles. The van der Waals surface area contributed by atoms with Gasteiger partial charge in [-0.05, 0) is 49.8 Å². The van der Waals surface area contributed by atoms with E-state index in [0.717, 1.165) is 5.56 Å². The zero-order chi connectivity index (χ0) is 18.9. The second-order valence-electron chi connectivity index (χ2n) is 5.30. The quantitative estimate of drug-likeness (QED) is 0.712. The van der Waals surface area contributed by atoms with Crippen LogP contribution in [0.3, 0.4) is 0 Å². The van der Waals surface area contributed by atoms with Gasteiger partial charge in [0.1, 0.15) is 0 Å². The summed E-state index contributed by atoms with van der Waals surface area (Å²) in [4.78, 5) is 23.5. The van der Waals surface area contributed by atoms with Gasteiger partial charge in [-0.25, -0.2) is 0 Å². The molecule has 0 aromatic heterocycles. The monoisotopic (exact) mass is 354 g/mol. The SMILES string of the molecule is CCOc1ccc(C=CC(=O)Nc2ccccc2C(N)=O)cc1OCC. The smallest absolute Gasteiger partial charge is 0.250 e. The van der Waals surface area contributed by atoms with E-state index in [-0.39, 0.29) is 11.5 Å². The number of ether oxygens (including phenoxy) is 2. The third-order valence-corrected chi connectivity index (χ3v) is 3.45. The Morgan fingerprint density at radius 2 is 1.73 bits per heavy atom. The summed E-state index contributed by atoms with van der Waals surface area (Å²) in [6, 6.07) is 12.0. The molecule has 2 aromatic carbocycles. The first-order valence-electron chi connectivity index (χ1n) is 8.32. The number of hydrogen-bond donors (Lipinski definition) is 2. The van der Waals surface area contributed by atoms with Gasteiger partial charge in [0.05, 0.1) is 24.5 Å². The van der Waals surface area contributed by atoms with Gasteiger partial charge in [0, 0.05) is 6.08 Å². The maximum atomic E-state index is 12.1. The molecular formula is C20H22N2O4. The van der Waals surface area contributed by atoms with Crippen LogP contribution in [-0.4, -0.2) is 25.0 Å². The first-order valence-corrected chi connectivity index (χ1v) is 8.32. The van der Waals surface area contributed by atoms with Crippen LogP contribution in [0.4, 0.5) is 5.69 Å². The van der Waals surface area contributed by atoms with E-state index >= 15 is 0 Å². The lowest BCUT2D eigenvalue weighted by Gasteiger charge is -2.11. The molecule has 0 aliphatic rings. The number of amides is 2. The van der Waals surface area contributed by atoms with E-state index in [1.54, 1.807) is 42.5 Å². The van der Waals surface area contributed by atoms with Gasteiger partial charge in [0.15, 0.2) is 11.5 Å². The van der Waals surface area contributed by atoms with Crippen LogP contribution in [0.1, 0.15) is 29.8 Å². The van der Waals surface area contributed by atoms with E-state index in [2.05, 4.69) is 5.32 Å². The van der Waals surface area contributed by atoms with E-state index in [1.165, 1.54) is 6.08 Å². The van der Waals surface area contributed by atoms with Crippen LogP contribution in [0.15, 0.2) is 48.5 Å². The van der Waals surface area contributed by atoms with Crippen LogP contribution < -0.4 is 20.5 Å². The maximum absolute atomic E-state index is 12.1. The molecule has 26 heavy (non-hydrogen) atoms. The molecule has 0 aliphatic heterocycles. The lowest BCUT2D eigenvalue weighted by Crippen LogP contribution is -2.16. The Morgan fingerprint density at radius 3 is 2.42 bits per heavy atom. The van der Waals surface area contributed by atoms with E-state index in [4.69, 9.17) is 15.2 Å². The predicted molar refractivity (Wildman–Crippen MR) is 101 cm³/mol. The molecule has 0 saturated heterocycles. The summed E-state index contributed by atoms with van der Waals surface area (Å²) in [6.07, 6.45) is 3.03. The fourth-order valence-corrected chi connectivity index (χ4v) is 2.32. The van der Waals surface area contributed by atoms with Crippen LogP contribution in [0.2, 0.25) is 0 Å². The van der Waals surface area contributed by atoms with Crippen LogP contribution in [0.25, 0.3) is 6.08 Å². The Hall–Kier alpha value is -3.28. The first kappa shape index (κ1) is 19.1. The average Bonchev–Trinajstić information content (AvgIpc) is 2.62. The molecule has 0 radical (unpaired) electrons. The number of anilines is 1. The fourth-order valence-electron chi connectivity index (χ4n) is 2.32. The minimum absolute atomic E-state index is 0.258. The van der Waals surface area contributed by atoms with Gasteiger partial charge >= 0.3 is 0 Å². The number of benzene rings is 2. The van der Waals surface area contributed by atoms with Crippen LogP contribution >= 0.6 is 0 Å². The molecule has 0 fully saturated rings. The molecule has 6 nitrogen and oxygen atoms in total. The molecule has 0 atom stereocenters. The molecule has 2 amide bonds. The van der Waals surface area contributed by atoms with Crippen molar-refractivity contribution in [2.24, 2.45) is 5.73 Å². The van der Waals surface area contributed by atoms with Crippen LogP contribution in [0.5, 0.6) is 11.5 Å². The van der Waals surface area contributed by atoms with Crippen molar-refractivity contribution in [1.29, 1.82) is 0 Å². The van der Waals surface area contributed by atoms with E-state index in [0.29, 0.717) is 30.4 Å². The zero-order valence-electron chi connectivity index (χ0n) is 14.8. The molecule has 0 spiro atoms. The van der Waals surface area contributed by atoms with Crippen molar-refractivity contribution in [2.45, 2.75) is 13.8 Å². The Morgan fingerprint density at radius 1 is 1.04 bits per heavy atom. The Labute approximate surface area is 152 Å². The number of primary amides is 1. The standard InChI is InChI=1S/C20H22N2O4/c1-3-25-17-11-9-14(13-18(17)26-4-2)10-12-19(23)22-16-8-6-5-7-15(16)20(21)24/h5-13H,3-4H2,1-2H3,(H2,21,24)(H,22,23). The highest BCUT2D eigenvalue weighted by molar-refractivity contribution is 6.07. The lowest BCUT2D eigenvalue weighted by molar-refractivity contribution is -0.111. The van der Waals surface area contributed by atoms with Gasteiger partial charge < -0.3 is 20.5 Å². The number of carbonyl (C=O) groups excluding carboxylic acids is 2. The highest BCUT2D eigenvalue weighted by atomic mass is 16.5. The van der Waals surface area contributed by atoms with Gasteiger partial charge in [-0.1, -0.05) is 18.2 Å². The maximum Gasteiger partial charge on any atom is 0.250 e. The molecule has 0 unspecified atom stereocenters. The summed E-state index contributed by atoms with van der Waals surface area (Å²) in [5.74, 6) is 0.311. The van der Waals surface area contributed by atoms with Gasteiger partial charge in [0.25, 0.3) is 5.91 Å². The fraction of sp³-hybridized carbons (Fsp3) is 0.200. The number of rotatable bonds is 8. The number of para-hydroxylation sites is 1. The van der Waals surface area contributed by atoms with Gasteiger partial charge in [-0.3, -0.25) is 9.59 Å². The van der Waals surface area contributed by atoms with Crippen LogP contribution in [0, 0.1) is 0 Å². The highest BCUT2D eigenvalue weighted by Crippen LogP contribution is 2.29. The summed E-state index contributed by atoms with van der Waals surface area (Å²) in [5.41, 5.74) is 6.72. The van der Waals surface area contributed by atoms with Crippen molar-refractivity contribution < 1.29 is 19.1 Å². The lowest BCUT2D eigenvalue weighted by atomic mass is 10.1. The Bertz CT molecular complexity index is 815. The van der Waals surface area contributed by atoms with E-state index < -0.39 is 5.91 Å². The second kappa shape index (κ2) is 9.27. The summed E-state index contributed by atoms with van der Waals surface area (Å²) < 4.78 is 11.1. The normalized spacial score (nSPS) is 10.5. The van der Waals surface area contributed by atoms with Crippen molar-refractivity contribution in [3.63, 3.8) is 0 Å². The molecule has 0 bridgehead atoms. The van der Waals surface area contributed by atoms with Crippen molar-refractivity contribution >= 4 is 23.6 Å². The largest absolute Gasteiger partial charge is 0.490 e. The summed E-state index contributed by atoms with van der Waals surface area (Å²) in [7, 11) is 0. The first-order chi connectivity index (χ1) is 12.5. The molecule has 2 rings (SSSR count). The topological polar surface area (TPSA) is 90.6 Å². The van der Waals surface area contributed by atoms with E-state index in [9.17, 15) is 9.59 Å². The third-order valence-electron chi connectivity index (χ3n) is 3.45. The third kappa shape index (κ3) is 5.11. The minimum Gasteiger partial charge on any atom is -0.490 e. The summed E-state index contributed by atoms with van der Waals surface area (Å²) in [6.45, 7) is 4.84. The van der Waals surface area contributed by atoms with Gasteiger partial charge in [-0.2, -0.15) is 0 Å². The number of carbonyl (C=O) groups is 2. The van der Waals surface area contributed by atoms with E-state index in [1.807, 2.05) is 19.9 Å². The van der Waals surface area contributed by atoms with Gasteiger partial charge in [-0.15, -0.1) is 0 Å². The molecular weight excluding hydrogens is 332 g/mol. The summed E-state index contributed by atoms with van der Waals surface area (Å²) >= 11 is 0. The Balaban J connectivity index is 2.13. The number of hydrogen-bond acceptors (Lipinski definition) is 4. The zero-order valence-corrected chi connectivity index (χ0v) is 14.8. The summed E-state index contributed by atoms with van der Waals surface area (Å²) in [5, 5.41) is 2.65. The van der Waals surface area contributed by atoms with Crippen LogP contribution in [-0.2, 0) is 4.79 Å². The Kier molecular flexibility index (Phi) is 6.79. The van der Waals surface area contributed by atoms with Crippen molar-refractivity contribution in [3.8, 4) is 11.5 Å². The van der Waals surface area contributed by atoms with Crippen molar-refractivity contribution in [1.82, 2.24) is 0 Å². The second-order valence-corrected chi connectivity index (χ2v) is 5.30. The van der Waals surface area contributed by atoms with Gasteiger partial charge in [0.2, 0.25) is 5.91 Å². The minimum atomic E-state index is -0.599. The molecule has 3 N–H and O–H groups in total. The number of nitrogens with two attached hydrogens (primary N) is 1. The molecule has 0 heterocycles. The molecule has 0 saturated carbocycles. The number of nitrogens with one attached hydrogen (secondary N) is 1. The predicted octanol–water partition coefficient (Wildman–Crippen LogP) is 3.23. The molecule has 2 aromatic rings. The highest BCUT2D eigenvalue weighted by Gasteiger charge is 2.09. The van der Waals surface area contributed by atoms with Crippen molar-refractivity contribution in [3.05, 3.63) is 59.7 Å². The molecule has 136 valence electrons. The molecule has 6 heteroatoms.